The van der Waals surface area contributed by atoms with Crippen molar-refractivity contribution in [2.75, 3.05) is 73.4 Å². The Morgan fingerprint density at radius 1 is 1.12 bits per heavy atom. The molecule has 1 atom stereocenters. The highest BCUT2D eigenvalue weighted by Crippen LogP contribution is 2.37. The van der Waals surface area contributed by atoms with E-state index < -0.39 is 0 Å². The van der Waals surface area contributed by atoms with Crippen LogP contribution in [0, 0.1) is 6.92 Å². The summed E-state index contributed by atoms with van der Waals surface area (Å²) in [6, 6.07) is 13.5. The van der Waals surface area contributed by atoms with E-state index in [0.717, 1.165) is 54.4 Å². The summed E-state index contributed by atoms with van der Waals surface area (Å²) in [4.78, 5) is 46.0. The minimum absolute atomic E-state index is 0.139. The van der Waals surface area contributed by atoms with Gasteiger partial charge in [0.05, 0.1) is 25.4 Å². The minimum Gasteiger partial charge on any atom is -0.494 e. The van der Waals surface area contributed by atoms with Gasteiger partial charge in [0.1, 0.15) is 11.6 Å². The van der Waals surface area contributed by atoms with Gasteiger partial charge in [-0.05, 0) is 50.2 Å². The molecule has 2 saturated heterocycles. The van der Waals surface area contributed by atoms with Gasteiger partial charge in [0.2, 0.25) is 11.9 Å². The van der Waals surface area contributed by atoms with Crippen molar-refractivity contribution in [2.45, 2.75) is 25.9 Å². The lowest BCUT2D eigenvalue weighted by atomic mass is 10.1. The molecule has 0 spiro atoms. The summed E-state index contributed by atoms with van der Waals surface area (Å²) in [5, 5.41) is 3.32. The van der Waals surface area contributed by atoms with Crippen molar-refractivity contribution in [3.05, 3.63) is 72.4 Å². The number of methoxy groups -OCH3 is 1. The van der Waals surface area contributed by atoms with Crippen LogP contribution in [0.4, 0.5) is 33.6 Å². The molecule has 11 nitrogen and oxygen atoms in total. The third-order valence-corrected chi connectivity index (χ3v) is 8.56. The number of aromatic nitrogens is 2. The number of aryl methyl sites for hydroxylation is 1. The van der Waals surface area contributed by atoms with Gasteiger partial charge >= 0.3 is 6.03 Å². The molecule has 3 aromatic rings. The molecule has 0 saturated carbocycles. The Morgan fingerprint density at radius 2 is 1.91 bits per heavy atom. The number of carbonyl (C=O) groups excluding carboxylic acids is 2. The second-order valence-electron chi connectivity index (χ2n) is 11.3. The molecule has 4 heterocycles. The fourth-order valence-electron chi connectivity index (χ4n) is 6.07. The molecule has 0 aliphatic carbocycles. The van der Waals surface area contributed by atoms with Gasteiger partial charge in [-0.25, -0.2) is 9.78 Å². The number of benzene rings is 2. The van der Waals surface area contributed by atoms with E-state index in [4.69, 9.17) is 9.72 Å². The number of ether oxygens (including phenoxy) is 1. The number of hydrogen-bond donors (Lipinski definition) is 1. The number of rotatable bonds is 7. The molecule has 43 heavy (non-hydrogen) atoms. The predicted molar refractivity (Wildman–Crippen MR) is 168 cm³/mol. The number of carbonyl (C=O) groups is 2. The zero-order valence-electron chi connectivity index (χ0n) is 25.0. The van der Waals surface area contributed by atoms with E-state index in [2.05, 4.69) is 39.8 Å². The molecule has 0 radical (unpaired) electrons. The highest BCUT2D eigenvalue weighted by Gasteiger charge is 2.41. The molecule has 1 aromatic heterocycles. The maximum absolute atomic E-state index is 14.2. The zero-order valence-corrected chi connectivity index (χ0v) is 25.0. The van der Waals surface area contributed by atoms with Crippen LogP contribution in [0.2, 0.25) is 0 Å². The van der Waals surface area contributed by atoms with Crippen LogP contribution < -0.4 is 24.8 Å². The van der Waals surface area contributed by atoms with Crippen LogP contribution >= 0.6 is 0 Å². The molecule has 3 aliphatic heterocycles. The molecular weight excluding hydrogens is 544 g/mol. The second kappa shape index (κ2) is 11.9. The Balaban J connectivity index is 1.31. The van der Waals surface area contributed by atoms with Crippen LogP contribution in [0.15, 0.2) is 61.3 Å². The summed E-state index contributed by atoms with van der Waals surface area (Å²) in [6.07, 6.45) is 3.74. The van der Waals surface area contributed by atoms with Crippen molar-refractivity contribution in [3.8, 4) is 5.75 Å². The monoisotopic (exact) mass is 582 g/mol. The average molecular weight is 583 g/mol. The van der Waals surface area contributed by atoms with Crippen molar-refractivity contribution in [2.24, 2.45) is 0 Å². The molecule has 3 amide bonds. The molecule has 11 heteroatoms. The highest BCUT2D eigenvalue weighted by atomic mass is 16.5. The van der Waals surface area contributed by atoms with E-state index in [1.807, 2.05) is 43.3 Å². The first-order valence-electron chi connectivity index (χ1n) is 14.7. The number of nitrogens with one attached hydrogen (secondary N) is 1. The number of fused-ring (bicyclic) bond motifs is 1. The number of nitrogens with zero attached hydrogens (tertiary/aromatic N) is 7. The standard InChI is InChI=1S/C32H38N8O3/c1-5-29(41)38-13-12-25(21-38)40-30-23(20-39(32(40)42)27-9-7-6-8-22(27)2)19-33-31(35-30)34-26-11-10-24(18-28(26)43-4)37-16-14-36(3)15-17-37/h5-11,18-19,25H,1,12-17,20-21H2,2-4H3,(H,33,34,35). The highest BCUT2D eigenvalue weighted by molar-refractivity contribution is 6.06. The van der Waals surface area contributed by atoms with Crippen molar-refractivity contribution >= 4 is 40.8 Å². The smallest absolute Gasteiger partial charge is 0.330 e. The second-order valence-corrected chi connectivity index (χ2v) is 11.3. The van der Waals surface area contributed by atoms with Crippen LogP contribution in [-0.4, -0.2) is 91.2 Å². The lowest BCUT2D eigenvalue weighted by Gasteiger charge is -2.39. The number of likely N-dealkylation sites (tertiary alicyclic amines) is 1. The molecule has 3 aliphatic rings. The first-order chi connectivity index (χ1) is 20.9. The van der Waals surface area contributed by atoms with Crippen molar-refractivity contribution in [1.29, 1.82) is 0 Å². The van der Waals surface area contributed by atoms with E-state index in [9.17, 15) is 9.59 Å². The third kappa shape index (κ3) is 5.60. The summed E-state index contributed by atoms with van der Waals surface area (Å²) in [5.74, 6) is 1.47. The van der Waals surface area contributed by atoms with Crippen LogP contribution in [-0.2, 0) is 11.3 Å². The number of piperazine rings is 1. The van der Waals surface area contributed by atoms with Gasteiger partial charge in [0.25, 0.3) is 0 Å². The van der Waals surface area contributed by atoms with Crippen molar-refractivity contribution < 1.29 is 14.3 Å². The van der Waals surface area contributed by atoms with E-state index in [1.54, 1.807) is 28.0 Å². The van der Waals surface area contributed by atoms with Gasteiger partial charge in [-0.15, -0.1) is 0 Å². The maximum Gasteiger partial charge on any atom is 0.330 e. The SMILES string of the molecule is C=CC(=O)N1CCC(N2C(=O)N(c3ccccc3C)Cc3cnc(Nc4ccc(N5CCN(C)CC5)cc4OC)nc32)C1. The predicted octanol–water partition coefficient (Wildman–Crippen LogP) is 4.02. The van der Waals surface area contributed by atoms with E-state index in [-0.39, 0.29) is 18.0 Å². The normalized spacial score (nSPS) is 19.0. The van der Waals surface area contributed by atoms with E-state index in [0.29, 0.717) is 43.6 Å². The minimum atomic E-state index is -0.234. The first kappa shape index (κ1) is 28.5. The van der Waals surface area contributed by atoms with Crippen molar-refractivity contribution in [1.82, 2.24) is 19.8 Å². The molecule has 2 fully saturated rings. The van der Waals surface area contributed by atoms with Crippen LogP contribution in [0.1, 0.15) is 17.5 Å². The Hall–Kier alpha value is -4.64. The Morgan fingerprint density at radius 3 is 2.65 bits per heavy atom. The lowest BCUT2D eigenvalue weighted by molar-refractivity contribution is -0.125. The quantitative estimate of drug-likeness (QED) is 0.418. The number of urea groups is 1. The first-order valence-corrected chi connectivity index (χ1v) is 14.7. The van der Waals surface area contributed by atoms with Gasteiger partial charge < -0.3 is 24.8 Å². The van der Waals surface area contributed by atoms with Gasteiger partial charge in [0.15, 0.2) is 0 Å². The van der Waals surface area contributed by atoms with Crippen LogP contribution in [0.3, 0.4) is 0 Å². The number of likely N-dealkylation sites (N-methyl/N-ethyl adjacent to an activating group) is 1. The summed E-state index contributed by atoms with van der Waals surface area (Å²) < 4.78 is 5.75. The summed E-state index contributed by atoms with van der Waals surface area (Å²) >= 11 is 0. The molecule has 1 unspecified atom stereocenters. The number of hydrogen-bond acceptors (Lipinski definition) is 8. The number of anilines is 5. The Kier molecular flexibility index (Phi) is 7.90. The third-order valence-electron chi connectivity index (χ3n) is 8.56. The number of para-hydroxylation sites is 1. The Bertz CT molecular complexity index is 1540. The summed E-state index contributed by atoms with van der Waals surface area (Å²) in [5.41, 5.74) is 4.52. The lowest BCUT2D eigenvalue weighted by Crippen LogP contribution is -2.53. The molecule has 0 bridgehead atoms. The molecular formula is C32H38N8O3. The largest absolute Gasteiger partial charge is 0.494 e. The maximum atomic E-state index is 14.2. The molecule has 224 valence electrons. The summed E-state index contributed by atoms with van der Waals surface area (Å²) in [6.45, 7) is 10.9. The molecule has 2 aromatic carbocycles. The summed E-state index contributed by atoms with van der Waals surface area (Å²) in [7, 11) is 3.79. The molecule has 6 rings (SSSR count). The van der Waals surface area contributed by atoms with Gasteiger partial charge in [-0.2, -0.15) is 4.98 Å². The molecule has 1 N–H and O–H groups in total. The zero-order chi connectivity index (χ0) is 30.1. The fraction of sp³-hybridized carbons (Fsp3) is 0.375. The topological polar surface area (TPSA) is 97.4 Å². The Labute approximate surface area is 252 Å². The van der Waals surface area contributed by atoms with Gasteiger partial charge in [0, 0.05) is 68.5 Å². The van der Waals surface area contributed by atoms with E-state index in [1.165, 1.54) is 6.08 Å². The number of amides is 3. The van der Waals surface area contributed by atoms with Crippen LogP contribution in [0.5, 0.6) is 5.75 Å². The van der Waals surface area contributed by atoms with Gasteiger partial charge in [-0.1, -0.05) is 24.8 Å². The fourth-order valence-corrected chi connectivity index (χ4v) is 6.07. The van der Waals surface area contributed by atoms with Crippen LogP contribution in [0.25, 0.3) is 0 Å². The van der Waals surface area contributed by atoms with E-state index >= 15 is 0 Å². The van der Waals surface area contributed by atoms with Gasteiger partial charge in [-0.3, -0.25) is 14.6 Å². The average Bonchev–Trinajstić information content (AvgIpc) is 3.51. The van der Waals surface area contributed by atoms with Crippen molar-refractivity contribution in [3.63, 3.8) is 0 Å².